The molecule has 0 saturated carbocycles. The first-order valence-corrected chi connectivity index (χ1v) is 9.18. The average Bonchev–Trinajstić information content (AvgIpc) is 2.99. The van der Waals surface area contributed by atoms with Crippen LogP contribution in [0, 0.1) is 11.6 Å². The molecule has 1 aliphatic heterocycles. The highest BCUT2D eigenvalue weighted by atomic mass is 19.3. The third-order valence-electron chi connectivity index (χ3n) is 5.19. The number of pyridine rings is 1. The summed E-state index contributed by atoms with van der Waals surface area (Å²) in [5.41, 5.74) is 3.25. The van der Waals surface area contributed by atoms with Crippen molar-refractivity contribution < 1.29 is 22.4 Å². The molecule has 2 N–H and O–H groups in total. The van der Waals surface area contributed by atoms with Gasteiger partial charge in [0.05, 0.1) is 5.69 Å². The Morgan fingerprint density at radius 2 is 1.77 bits per heavy atom. The Kier molecular flexibility index (Phi) is 4.96. The van der Waals surface area contributed by atoms with Gasteiger partial charge in [-0.3, -0.25) is 14.7 Å². The number of carbonyl (C=O) groups is 1. The molecule has 0 spiro atoms. The van der Waals surface area contributed by atoms with E-state index in [1.54, 1.807) is 6.07 Å². The van der Waals surface area contributed by atoms with Crippen LogP contribution in [-0.4, -0.2) is 28.8 Å². The topological polar surface area (TPSA) is 71.6 Å². The minimum Gasteiger partial charge on any atom is -0.369 e. The third-order valence-corrected chi connectivity index (χ3v) is 5.19. The second-order valence-electron chi connectivity index (χ2n) is 6.99. The van der Waals surface area contributed by atoms with Crippen molar-refractivity contribution in [2.24, 2.45) is 10.7 Å². The van der Waals surface area contributed by atoms with Crippen molar-refractivity contribution in [1.29, 1.82) is 0 Å². The van der Waals surface area contributed by atoms with E-state index in [0.29, 0.717) is 0 Å². The van der Waals surface area contributed by atoms with Crippen LogP contribution in [0.2, 0.25) is 0 Å². The van der Waals surface area contributed by atoms with Crippen LogP contribution >= 0.6 is 0 Å². The lowest BCUT2D eigenvalue weighted by Crippen LogP contribution is -2.42. The number of nitrogens with two attached hydrogens (primary N) is 1. The Bertz CT molecular complexity index is 1210. The van der Waals surface area contributed by atoms with E-state index in [9.17, 15) is 18.0 Å². The molecule has 0 radical (unpaired) electrons. The summed E-state index contributed by atoms with van der Waals surface area (Å²) in [6, 6.07) is 11.6. The van der Waals surface area contributed by atoms with E-state index in [1.807, 2.05) is 0 Å². The number of benzene rings is 2. The fourth-order valence-corrected chi connectivity index (χ4v) is 3.57. The van der Waals surface area contributed by atoms with Gasteiger partial charge in [-0.15, -0.1) is 0 Å². The number of hydrogen-bond donors (Lipinski definition) is 1. The van der Waals surface area contributed by atoms with Crippen LogP contribution in [0.25, 0.3) is 11.1 Å². The van der Waals surface area contributed by atoms with E-state index < -0.39 is 35.1 Å². The predicted octanol–water partition coefficient (Wildman–Crippen LogP) is 3.99. The van der Waals surface area contributed by atoms with E-state index in [-0.39, 0.29) is 28.3 Å². The molecule has 31 heavy (non-hydrogen) atoms. The number of nitrogens with zero attached hydrogens (tertiary/aromatic N) is 3. The molecule has 0 fully saturated rings. The molecule has 158 valence electrons. The van der Waals surface area contributed by atoms with Crippen molar-refractivity contribution >= 4 is 11.9 Å². The summed E-state index contributed by atoms with van der Waals surface area (Å²) >= 11 is 0. The lowest BCUT2D eigenvalue weighted by Gasteiger charge is -2.26. The number of likely N-dealkylation sites (N-methyl/N-ethyl adjacent to an activating group) is 1. The highest BCUT2D eigenvalue weighted by Gasteiger charge is 2.52. The van der Waals surface area contributed by atoms with Gasteiger partial charge in [0.15, 0.2) is 5.96 Å². The van der Waals surface area contributed by atoms with Gasteiger partial charge in [-0.1, -0.05) is 24.3 Å². The minimum atomic E-state index is -2.84. The summed E-state index contributed by atoms with van der Waals surface area (Å²) in [5, 5.41) is 0. The first-order valence-electron chi connectivity index (χ1n) is 9.18. The standard InChI is InChI=1S/C22H16F4N4O/c1-30-20(31)22(29-21(30)27,18-11-13(19(25)26)8-9-28-18)15-10-12(6-7-17(15)24)14-4-2-3-5-16(14)23/h2-11,19H,1H3,(H2,27,29). The molecule has 0 aliphatic carbocycles. The van der Waals surface area contributed by atoms with Gasteiger partial charge in [-0.2, -0.15) is 0 Å². The fourth-order valence-electron chi connectivity index (χ4n) is 3.57. The van der Waals surface area contributed by atoms with Crippen LogP contribution in [0.1, 0.15) is 23.2 Å². The van der Waals surface area contributed by atoms with Crippen LogP contribution < -0.4 is 5.73 Å². The van der Waals surface area contributed by atoms with Gasteiger partial charge in [0.1, 0.15) is 11.6 Å². The number of carbonyl (C=O) groups excluding carboxylic acids is 1. The Morgan fingerprint density at radius 3 is 2.42 bits per heavy atom. The molecular weight excluding hydrogens is 412 g/mol. The summed E-state index contributed by atoms with van der Waals surface area (Å²) < 4.78 is 56.1. The Morgan fingerprint density at radius 1 is 1.03 bits per heavy atom. The summed E-state index contributed by atoms with van der Waals surface area (Å²) in [7, 11) is 1.33. The van der Waals surface area contributed by atoms with Gasteiger partial charge >= 0.3 is 0 Å². The summed E-state index contributed by atoms with van der Waals surface area (Å²) in [5.74, 6) is -2.40. The molecule has 9 heteroatoms. The number of rotatable bonds is 4. The van der Waals surface area contributed by atoms with Crippen LogP contribution in [-0.2, 0) is 10.3 Å². The van der Waals surface area contributed by atoms with Crippen molar-refractivity contribution in [3.8, 4) is 11.1 Å². The number of aromatic nitrogens is 1. The Hall–Kier alpha value is -3.75. The zero-order chi connectivity index (χ0) is 22.3. The molecule has 5 nitrogen and oxygen atoms in total. The molecule has 2 aromatic carbocycles. The number of alkyl halides is 2. The van der Waals surface area contributed by atoms with Gasteiger partial charge < -0.3 is 5.73 Å². The quantitative estimate of drug-likeness (QED) is 0.639. The number of halogens is 4. The van der Waals surface area contributed by atoms with Gasteiger partial charge in [-0.05, 0) is 35.9 Å². The smallest absolute Gasteiger partial charge is 0.268 e. The Labute approximate surface area is 174 Å². The first kappa shape index (κ1) is 20.5. The van der Waals surface area contributed by atoms with Crippen molar-refractivity contribution in [3.63, 3.8) is 0 Å². The average molecular weight is 428 g/mol. The van der Waals surface area contributed by atoms with E-state index >= 15 is 4.39 Å². The summed E-state index contributed by atoms with van der Waals surface area (Å²) in [6.07, 6.45) is -1.75. The molecule has 1 amide bonds. The zero-order valence-corrected chi connectivity index (χ0v) is 16.2. The molecule has 1 aliphatic rings. The van der Waals surface area contributed by atoms with E-state index in [1.165, 1.54) is 37.4 Å². The summed E-state index contributed by atoms with van der Waals surface area (Å²) in [6.45, 7) is 0. The number of hydrogen-bond acceptors (Lipinski definition) is 4. The molecule has 0 bridgehead atoms. The van der Waals surface area contributed by atoms with Gasteiger partial charge in [0.2, 0.25) is 5.54 Å². The highest BCUT2D eigenvalue weighted by molar-refractivity contribution is 6.08. The van der Waals surface area contributed by atoms with E-state index in [2.05, 4.69) is 9.98 Å². The van der Waals surface area contributed by atoms with Crippen molar-refractivity contribution in [3.05, 3.63) is 89.2 Å². The van der Waals surface area contributed by atoms with E-state index in [4.69, 9.17) is 5.73 Å². The Balaban J connectivity index is 2.01. The summed E-state index contributed by atoms with van der Waals surface area (Å²) in [4.78, 5) is 22.5. The lowest BCUT2D eigenvalue weighted by molar-refractivity contribution is -0.129. The second-order valence-corrected chi connectivity index (χ2v) is 6.99. The van der Waals surface area contributed by atoms with Crippen molar-refractivity contribution in [2.45, 2.75) is 12.0 Å². The van der Waals surface area contributed by atoms with Crippen LogP contribution in [0.4, 0.5) is 17.6 Å². The fraction of sp³-hybridized carbons (Fsp3) is 0.136. The maximum Gasteiger partial charge on any atom is 0.268 e. The SMILES string of the molecule is CN1C(=O)C(c2cc(C(F)F)ccn2)(c2cc(-c3ccccc3F)ccc2F)N=C1N. The first-order chi connectivity index (χ1) is 14.8. The lowest BCUT2D eigenvalue weighted by atomic mass is 9.83. The van der Waals surface area contributed by atoms with Crippen LogP contribution in [0.15, 0.2) is 65.8 Å². The molecule has 4 rings (SSSR count). The monoisotopic (exact) mass is 428 g/mol. The number of guanidine groups is 1. The van der Waals surface area contributed by atoms with Gasteiger partial charge in [0, 0.05) is 29.9 Å². The maximum atomic E-state index is 15.1. The second kappa shape index (κ2) is 7.50. The van der Waals surface area contributed by atoms with Crippen molar-refractivity contribution in [1.82, 2.24) is 9.88 Å². The molecule has 1 aromatic heterocycles. The van der Waals surface area contributed by atoms with Gasteiger partial charge in [0.25, 0.3) is 12.3 Å². The molecule has 1 unspecified atom stereocenters. The minimum absolute atomic E-state index is 0.170. The predicted molar refractivity (Wildman–Crippen MR) is 106 cm³/mol. The highest BCUT2D eigenvalue weighted by Crippen LogP contribution is 2.42. The normalized spacial score (nSPS) is 18.6. The third kappa shape index (κ3) is 3.22. The zero-order valence-electron chi connectivity index (χ0n) is 16.2. The number of aliphatic imine (C=N–C) groups is 1. The molecular formula is C22H16F4N4O. The molecule has 2 heterocycles. The molecule has 3 aromatic rings. The molecule has 1 atom stereocenters. The maximum absolute atomic E-state index is 15.1. The van der Waals surface area contributed by atoms with Gasteiger partial charge in [-0.25, -0.2) is 22.6 Å². The number of amides is 1. The largest absolute Gasteiger partial charge is 0.369 e. The van der Waals surface area contributed by atoms with Crippen molar-refractivity contribution in [2.75, 3.05) is 7.05 Å². The van der Waals surface area contributed by atoms with Crippen LogP contribution in [0.5, 0.6) is 0 Å². The molecule has 0 saturated heterocycles. The van der Waals surface area contributed by atoms with E-state index in [0.717, 1.165) is 29.3 Å². The van der Waals surface area contributed by atoms with Crippen LogP contribution in [0.3, 0.4) is 0 Å².